The first-order chi connectivity index (χ1) is 20.0. The molecule has 7 nitrogen and oxygen atoms in total. The number of likely N-dealkylation sites (tertiary alicyclic amines) is 1. The summed E-state index contributed by atoms with van der Waals surface area (Å²) in [6.45, 7) is 9.54. The number of rotatable bonds is 11. The van der Waals surface area contributed by atoms with Crippen molar-refractivity contribution in [3.05, 3.63) is 63.4 Å². The van der Waals surface area contributed by atoms with Crippen molar-refractivity contribution >= 4 is 40.7 Å². The van der Waals surface area contributed by atoms with E-state index < -0.39 is 11.7 Å². The molecule has 0 bridgehead atoms. The van der Waals surface area contributed by atoms with Gasteiger partial charge in [0.15, 0.2) is 0 Å². The molecular formula is C32H44Cl2FN5O2. The molecule has 0 saturated carbocycles. The number of carbonyl (C=O) groups excluding carboxylic acids is 2. The van der Waals surface area contributed by atoms with Gasteiger partial charge in [0.1, 0.15) is 11.9 Å². The van der Waals surface area contributed by atoms with Crippen molar-refractivity contribution in [1.29, 1.82) is 0 Å². The monoisotopic (exact) mass is 619 g/mol. The number of carbonyl (C=O) groups is 2. The fourth-order valence-electron chi connectivity index (χ4n) is 6.50. The summed E-state index contributed by atoms with van der Waals surface area (Å²) in [4.78, 5) is 34.5. The molecule has 1 N–H and O–H groups in total. The molecule has 2 saturated heterocycles. The molecule has 10 heteroatoms. The summed E-state index contributed by atoms with van der Waals surface area (Å²) in [6.07, 6.45) is 2.30. The van der Waals surface area contributed by atoms with E-state index in [0.29, 0.717) is 67.2 Å². The van der Waals surface area contributed by atoms with E-state index in [4.69, 9.17) is 23.2 Å². The smallest absolute Gasteiger partial charge is 0.245 e. The van der Waals surface area contributed by atoms with Crippen molar-refractivity contribution in [2.24, 2.45) is 5.92 Å². The predicted molar refractivity (Wildman–Crippen MR) is 169 cm³/mol. The van der Waals surface area contributed by atoms with Crippen LogP contribution >= 0.6 is 23.2 Å². The van der Waals surface area contributed by atoms with E-state index in [1.165, 1.54) is 6.07 Å². The number of para-hydroxylation sites is 1. The molecule has 4 rings (SSSR count). The number of benzene rings is 2. The maximum absolute atomic E-state index is 15.7. The minimum absolute atomic E-state index is 0.0123. The van der Waals surface area contributed by atoms with Crippen LogP contribution in [0.15, 0.2) is 36.4 Å². The summed E-state index contributed by atoms with van der Waals surface area (Å²) in [6, 6.07) is 9.91. The number of amides is 2. The number of piperazine rings is 1. The van der Waals surface area contributed by atoms with Crippen molar-refractivity contribution in [3.8, 4) is 0 Å². The molecule has 0 aromatic heterocycles. The Labute approximate surface area is 259 Å². The van der Waals surface area contributed by atoms with Gasteiger partial charge in [-0.15, -0.1) is 0 Å². The summed E-state index contributed by atoms with van der Waals surface area (Å²) < 4.78 is 15.7. The molecule has 0 radical (unpaired) electrons. The van der Waals surface area contributed by atoms with E-state index in [1.807, 2.05) is 31.1 Å². The average Bonchev–Trinajstić information content (AvgIpc) is 3.37. The van der Waals surface area contributed by atoms with Crippen LogP contribution in [0.2, 0.25) is 10.0 Å². The highest BCUT2D eigenvalue weighted by Crippen LogP contribution is 2.39. The van der Waals surface area contributed by atoms with E-state index in [9.17, 15) is 9.59 Å². The molecular weight excluding hydrogens is 576 g/mol. The van der Waals surface area contributed by atoms with Gasteiger partial charge in [-0.2, -0.15) is 0 Å². The highest BCUT2D eigenvalue weighted by atomic mass is 35.5. The van der Waals surface area contributed by atoms with Crippen LogP contribution in [0.1, 0.15) is 51.2 Å². The third kappa shape index (κ3) is 6.88. The standard InChI is InChI=1S/C32H44Cl2FN5O2/c1-6-36-32(37(4)5,21-22(2)3)25-9-7-10-27(35)30(25)38-15-17-39(18-16-38)31(42)28(40-14-8-11-29(40)41)19-23-12-13-24(33)20-26(23)34/h7,9-10,12-13,20,22,28,36H,6,8,11,14-19,21H2,1-5H3. The predicted octanol–water partition coefficient (Wildman–Crippen LogP) is 5.38. The SMILES string of the molecule is CCNC(CC(C)C)(c1cccc(F)c1N1CCN(C(=O)C(Cc2ccc(Cl)cc2Cl)N2CCCC2=O)CC1)N(C)C. The van der Waals surface area contributed by atoms with Gasteiger partial charge in [0.25, 0.3) is 0 Å². The largest absolute Gasteiger partial charge is 0.365 e. The molecule has 230 valence electrons. The summed E-state index contributed by atoms with van der Waals surface area (Å²) in [5.41, 5.74) is 1.72. The van der Waals surface area contributed by atoms with Crippen molar-refractivity contribution in [3.63, 3.8) is 0 Å². The van der Waals surface area contributed by atoms with Gasteiger partial charge < -0.3 is 14.7 Å². The minimum atomic E-state index is -0.643. The van der Waals surface area contributed by atoms with Crippen LogP contribution in [0.25, 0.3) is 0 Å². The van der Waals surface area contributed by atoms with Crippen LogP contribution in [0.4, 0.5) is 10.1 Å². The highest BCUT2D eigenvalue weighted by Gasteiger charge is 2.40. The van der Waals surface area contributed by atoms with Crippen molar-refractivity contribution in [1.82, 2.24) is 20.0 Å². The van der Waals surface area contributed by atoms with Gasteiger partial charge in [-0.25, -0.2) is 4.39 Å². The zero-order chi connectivity index (χ0) is 30.6. The lowest BCUT2D eigenvalue weighted by Gasteiger charge is -2.46. The van der Waals surface area contributed by atoms with Crippen LogP contribution in [0.3, 0.4) is 0 Å². The van der Waals surface area contributed by atoms with Crippen molar-refractivity contribution in [2.75, 3.05) is 58.3 Å². The number of halogens is 3. The molecule has 2 aliphatic heterocycles. The molecule has 42 heavy (non-hydrogen) atoms. The average molecular weight is 621 g/mol. The molecule has 2 fully saturated rings. The molecule has 2 aliphatic rings. The molecule has 0 spiro atoms. The van der Waals surface area contributed by atoms with Gasteiger partial charge in [0.2, 0.25) is 11.8 Å². The van der Waals surface area contributed by atoms with Crippen LogP contribution < -0.4 is 10.2 Å². The summed E-state index contributed by atoms with van der Waals surface area (Å²) in [7, 11) is 4.06. The number of nitrogens with one attached hydrogen (secondary N) is 1. The van der Waals surface area contributed by atoms with Crippen molar-refractivity contribution in [2.45, 2.75) is 58.2 Å². The number of hydrogen-bond donors (Lipinski definition) is 1. The molecule has 0 aliphatic carbocycles. The van der Waals surface area contributed by atoms with Crippen LogP contribution in [0.5, 0.6) is 0 Å². The van der Waals surface area contributed by atoms with Crippen molar-refractivity contribution < 1.29 is 14.0 Å². The highest BCUT2D eigenvalue weighted by molar-refractivity contribution is 6.35. The molecule has 2 aromatic carbocycles. The fourth-order valence-corrected chi connectivity index (χ4v) is 6.98. The maximum Gasteiger partial charge on any atom is 0.245 e. The van der Waals surface area contributed by atoms with Crippen LogP contribution in [0, 0.1) is 11.7 Å². The zero-order valence-electron chi connectivity index (χ0n) is 25.4. The summed E-state index contributed by atoms with van der Waals surface area (Å²) >= 11 is 12.6. The van der Waals surface area contributed by atoms with Gasteiger partial charge >= 0.3 is 0 Å². The first kappa shape index (κ1) is 32.5. The lowest BCUT2D eigenvalue weighted by atomic mass is 9.87. The van der Waals surface area contributed by atoms with E-state index >= 15 is 4.39 Å². The quantitative estimate of drug-likeness (QED) is 0.342. The topological polar surface area (TPSA) is 59.1 Å². The second kappa shape index (κ2) is 13.9. The maximum atomic E-state index is 15.7. The Hall–Kier alpha value is -2.39. The third-order valence-electron chi connectivity index (χ3n) is 8.48. The Balaban J connectivity index is 1.59. The van der Waals surface area contributed by atoms with E-state index in [0.717, 1.165) is 30.5 Å². The summed E-state index contributed by atoms with van der Waals surface area (Å²) in [5, 5.41) is 4.67. The van der Waals surface area contributed by atoms with Gasteiger partial charge in [0.05, 0.1) is 11.4 Å². The fraction of sp³-hybridized carbons (Fsp3) is 0.562. The van der Waals surface area contributed by atoms with E-state index in [1.54, 1.807) is 23.1 Å². The first-order valence-electron chi connectivity index (χ1n) is 15.0. The lowest BCUT2D eigenvalue weighted by molar-refractivity contribution is -0.143. The normalized spacial score (nSPS) is 18.2. The molecule has 2 amide bonds. The Morgan fingerprint density at radius 2 is 1.81 bits per heavy atom. The van der Waals surface area contributed by atoms with E-state index in [-0.39, 0.29) is 17.6 Å². The lowest BCUT2D eigenvalue weighted by Crippen LogP contribution is -2.57. The summed E-state index contributed by atoms with van der Waals surface area (Å²) in [5.74, 6) is -0.00377. The Morgan fingerprint density at radius 1 is 1.10 bits per heavy atom. The van der Waals surface area contributed by atoms with Gasteiger partial charge in [0, 0.05) is 61.2 Å². The number of nitrogens with zero attached hydrogens (tertiary/aromatic N) is 4. The molecule has 2 atom stereocenters. The second-order valence-corrected chi connectivity index (χ2v) is 12.8. The van der Waals surface area contributed by atoms with Gasteiger partial charge in [-0.1, -0.05) is 62.2 Å². The second-order valence-electron chi connectivity index (χ2n) is 12.0. The van der Waals surface area contributed by atoms with Gasteiger partial charge in [-0.3, -0.25) is 19.8 Å². The number of anilines is 1. The van der Waals surface area contributed by atoms with E-state index in [2.05, 4.69) is 35.9 Å². The Morgan fingerprint density at radius 3 is 2.38 bits per heavy atom. The van der Waals surface area contributed by atoms with Crippen LogP contribution in [-0.4, -0.2) is 85.9 Å². The number of hydrogen-bond acceptors (Lipinski definition) is 5. The zero-order valence-corrected chi connectivity index (χ0v) is 26.9. The Kier molecular flexibility index (Phi) is 10.8. The molecule has 2 unspecified atom stereocenters. The molecule has 2 aromatic rings. The van der Waals surface area contributed by atoms with Gasteiger partial charge in [-0.05, 0) is 63.2 Å². The third-order valence-corrected chi connectivity index (χ3v) is 9.06. The first-order valence-corrected chi connectivity index (χ1v) is 15.7. The van der Waals surface area contributed by atoms with Crippen LogP contribution in [-0.2, 0) is 21.7 Å². The Bertz CT molecular complexity index is 1270. The minimum Gasteiger partial charge on any atom is -0.365 e. The molecule has 2 heterocycles.